The molecule has 2 rings (SSSR count). The fraction of sp³-hybridized carbons (Fsp3) is 0.588. The first-order valence-electron chi connectivity index (χ1n) is 8.33. The number of quaternary nitrogens is 2. The van der Waals surface area contributed by atoms with E-state index in [2.05, 4.69) is 5.32 Å². The molecule has 128 valence electrons. The Morgan fingerprint density at radius 3 is 2.65 bits per heavy atom. The molecule has 3 N–H and O–H groups in total. The summed E-state index contributed by atoms with van der Waals surface area (Å²) in [5.41, 5.74) is 0.905. The van der Waals surface area contributed by atoms with Crippen LogP contribution in [0.15, 0.2) is 18.2 Å². The molecule has 1 aromatic carbocycles. The van der Waals surface area contributed by atoms with E-state index in [9.17, 15) is 9.18 Å². The first-order valence-corrected chi connectivity index (χ1v) is 8.33. The van der Waals surface area contributed by atoms with Crippen LogP contribution >= 0.6 is 0 Å². The summed E-state index contributed by atoms with van der Waals surface area (Å²) in [6, 6.07) is 4.65. The number of likely N-dealkylation sites (N-methyl/N-ethyl adjacent to an activating group) is 1. The van der Waals surface area contributed by atoms with Gasteiger partial charge in [-0.05, 0) is 32.0 Å². The van der Waals surface area contributed by atoms with Crippen molar-refractivity contribution in [3.63, 3.8) is 0 Å². The maximum absolute atomic E-state index is 13.5. The fourth-order valence-electron chi connectivity index (χ4n) is 3.20. The van der Waals surface area contributed by atoms with Gasteiger partial charge in [-0.2, -0.15) is 0 Å². The van der Waals surface area contributed by atoms with Crippen LogP contribution in [-0.4, -0.2) is 51.8 Å². The van der Waals surface area contributed by atoms with Gasteiger partial charge in [0.2, 0.25) is 0 Å². The molecule has 1 aliphatic heterocycles. The average molecular weight is 325 g/mol. The Balaban J connectivity index is 1.90. The molecule has 1 fully saturated rings. The van der Waals surface area contributed by atoms with E-state index in [4.69, 9.17) is 4.74 Å². The lowest BCUT2D eigenvalue weighted by molar-refractivity contribution is -1.02. The first-order chi connectivity index (χ1) is 11.0. The van der Waals surface area contributed by atoms with Crippen LogP contribution in [0.4, 0.5) is 4.39 Å². The van der Waals surface area contributed by atoms with E-state index in [1.165, 1.54) is 15.9 Å². The van der Waals surface area contributed by atoms with Crippen LogP contribution in [0.25, 0.3) is 0 Å². The Hall–Kier alpha value is -1.66. The molecule has 0 saturated carbocycles. The van der Waals surface area contributed by atoms with Crippen molar-refractivity contribution >= 4 is 5.91 Å². The minimum absolute atomic E-state index is 0.0137. The summed E-state index contributed by atoms with van der Waals surface area (Å²) in [6.45, 7) is 9.19. The maximum Gasteiger partial charge on any atom is 0.278 e. The fourth-order valence-corrected chi connectivity index (χ4v) is 3.20. The average Bonchev–Trinajstić information content (AvgIpc) is 2.55. The van der Waals surface area contributed by atoms with Crippen molar-refractivity contribution in [2.45, 2.75) is 26.4 Å². The van der Waals surface area contributed by atoms with Gasteiger partial charge >= 0.3 is 0 Å². The number of carbonyl (C=O) groups is 1. The van der Waals surface area contributed by atoms with Crippen molar-refractivity contribution in [1.82, 2.24) is 5.32 Å². The molecular weight excluding hydrogens is 297 g/mol. The minimum atomic E-state index is -0.227. The molecule has 0 aromatic heterocycles. The highest BCUT2D eigenvalue weighted by atomic mass is 19.1. The van der Waals surface area contributed by atoms with Gasteiger partial charge in [-0.3, -0.25) is 4.79 Å². The van der Waals surface area contributed by atoms with E-state index in [0.717, 1.165) is 44.0 Å². The van der Waals surface area contributed by atoms with Crippen LogP contribution in [0.3, 0.4) is 0 Å². The highest BCUT2D eigenvalue weighted by molar-refractivity contribution is 5.79. The van der Waals surface area contributed by atoms with Crippen LogP contribution in [0.2, 0.25) is 0 Å². The maximum atomic E-state index is 13.5. The molecule has 1 saturated heterocycles. The summed E-state index contributed by atoms with van der Waals surface area (Å²) in [4.78, 5) is 14.7. The number of ether oxygens (including phenoxy) is 1. The van der Waals surface area contributed by atoms with Gasteiger partial charge in [-0.1, -0.05) is 0 Å². The summed E-state index contributed by atoms with van der Waals surface area (Å²) in [7, 11) is 1.61. The lowest BCUT2D eigenvalue weighted by Gasteiger charge is -2.32. The third-order valence-corrected chi connectivity index (χ3v) is 4.64. The van der Waals surface area contributed by atoms with Crippen LogP contribution in [0, 0.1) is 5.82 Å². The second kappa shape index (κ2) is 8.26. The number of rotatable bonds is 6. The minimum Gasteiger partial charge on any atom is -0.496 e. The molecule has 1 heterocycles. The molecule has 0 bridgehead atoms. The summed E-state index contributed by atoms with van der Waals surface area (Å²) in [6.07, 6.45) is 0. The van der Waals surface area contributed by atoms with E-state index < -0.39 is 0 Å². The second-order valence-corrected chi connectivity index (χ2v) is 6.16. The van der Waals surface area contributed by atoms with E-state index >= 15 is 0 Å². The smallest absolute Gasteiger partial charge is 0.278 e. The SMILES string of the molecule is CCNC(=O)[C@@H](C)[NH+]1CC[NH+](Cc2cc(F)ccc2OC)CC1. The Bertz CT molecular complexity index is 531. The quantitative estimate of drug-likeness (QED) is 0.605. The van der Waals surface area contributed by atoms with Gasteiger partial charge < -0.3 is 19.9 Å². The number of hydrogen-bond donors (Lipinski definition) is 3. The number of hydrogen-bond acceptors (Lipinski definition) is 2. The largest absolute Gasteiger partial charge is 0.496 e. The Morgan fingerprint density at radius 1 is 1.35 bits per heavy atom. The van der Waals surface area contributed by atoms with Gasteiger partial charge in [0, 0.05) is 6.54 Å². The first kappa shape index (κ1) is 17.7. The van der Waals surface area contributed by atoms with Gasteiger partial charge in [-0.15, -0.1) is 0 Å². The number of piperazine rings is 1. The lowest BCUT2D eigenvalue weighted by Crippen LogP contribution is -3.29. The van der Waals surface area contributed by atoms with Crippen molar-refractivity contribution in [3.8, 4) is 5.75 Å². The topological polar surface area (TPSA) is 47.2 Å². The Kier molecular flexibility index (Phi) is 6.36. The third kappa shape index (κ3) is 4.65. The molecule has 0 aliphatic carbocycles. The van der Waals surface area contributed by atoms with E-state index in [1.807, 2.05) is 13.8 Å². The zero-order valence-electron chi connectivity index (χ0n) is 14.2. The van der Waals surface area contributed by atoms with Gasteiger partial charge in [0.15, 0.2) is 6.04 Å². The molecule has 1 aromatic rings. The number of halogens is 1. The van der Waals surface area contributed by atoms with Gasteiger partial charge in [-0.25, -0.2) is 4.39 Å². The van der Waals surface area contributed by atoms with Gasteiger partial charge in [0.1, 0.15) is 44.3 Å². The summed E-state index contributed by atoms with van der Waals surface area (Å²) in [5, 5.41) is 2.89. The zero-order chi connectivity index (χ0) is 16.8. The molecule has 1 aliphatic rings. The number of benzene rings is 1. The summed E-state index contributed by atoms with van der Waals surface area (Å²) < 4.78 is 18.8. The van der Waals surface area contributed by atoms with Gasteiger partial charge in [0.25, 0.3) is 5.91 Å². The van der Waals surface area contributed by atoms with Gasteiger partial charge in [0.05, 0.1) is 12.7 Å². The van der Waals surface area contributed by atoms with E-state index in [0.29, 0.717) is 6.54 Å². The van der Waals surface area contributed by atoms with E-state index in [1.54, 1.807) is 19.2 Å². The van der Waals surface area contributed by atoms with Crippen molar-refractivity contribution in [3.05, 3.63) is 29.6 Å². The van der Waals surface area contributed by atoms with Crippen molar-refractivity contribution in [1.29, 1.82) is 0 Å². The Morgan fingerprint density at radius 2 is 2.04 bits per heavy atom. The van der Waals surface area contributed by atoms with Crippen LogP contribution in [0.5, 0.6) is 5.75 Å². The van der Waals surface area contributed by atoms with Crippen LogP contribution < -0.4 is 19.9 Å². The van der Waals surface area contributed by atoms with Crippen LogP contribution in [0.1, 0.15) is 19.4 Å². The molecule has 5 nitrogen and oxygen atoms in total. The van der Waals surface area contributed by atoms with Crippen molar-refractivity contribution < 1.29 is 23.7 Å². The predicted molar refractivity (Wildman–Crippen MR) is 86.2 cm³/mol. The van der Waals surface area contributed by atoms with Crippen molar-refractivity contribution in [2.75, 3.05) is 39.8 Å². The van der Waals surface area contributed by atoms with Crippen LogP contribution in [-0.2, 0) is 11.3 Å². The molecule has 23 heavy (non-hydrogen) atoms. The van der Waals surface area contributed by atoms with Crippen molar-refractivity contribution in [2.24, 2.45) is 0 Å². The normalized spacial score (nSPS) is 22.4. The molecular formula is C17H28FN3O2+2. The highest BCUT2D eigenvalue weighted by Crippen LogP contribution is 2.18. The molecule has 1 amide bonds. The second-order valence-electron chi connectivity index (χ2n) is 6.16. The number of carbonyl (C=O) groups excluding carboxylic acids is 1. The monoisotopic (exact) mass is 325 g/mol. The van der Waals surface area contributed by atoms with E-state index in [-0.39, 0.29) is 17.8 Å². The standard InChI is InChI=1S/C17H26FN3O2/c1-4-19-17(22)13(2)21-9-7-20(8-10-21)12-14-11-15(18)5-6-16(14)23-3/h5-6,11,13H,4,7-10,12H2,1-3H3,(H,19,22)/p+2/t13-/m1/s1. The Labute approximate surface area is 137 Å². The number of methoxy groups -OCH3 is 1. The predicted octanol–water partition coefficient (Wildman–Crippen LogP) is -1.36. The molecule has 0 spiro atoms. The molecule has 6 heteroatoms. The zero-order valence-corrected chi connectivity index (χ0v) is 14.2. The third-order valence-electron chi connectivity index (χ3n) is 4.64. The summed E-state index contributed by atoms with van der Waals surface area (Å²) >= 11 is 0. The molecule has 1 atom stereocenters. The number of amides is 1. The lowest BCUT2D eigenvalue weighted by atomic mass is 10.1. The summed E-state index contributed by atoms with van der Waals surface area (Å²) in [5.74, 6) is 0.636. The molecule has 0 radical (unpaired) electrons. The number of nitrogens with one attached hydrogen (secondary N) is 3. The highest BCUT2D eigenvalue weighted by Gasteiger charge is 2.31. The molecule has 0 unspecified atom stereocenters.